The van der Waals surface area contributed by atoms with Crippen LogP contribution < -0.4 is 11.1 Å². The van der Waals surface area contributed by atoms with Crippen LogP contribution >= 0.6 is 0 Å². The van der Waals surface area contributed by atoms with E-state index in [9.17, 15) is 4.79 Å². The maximum atomic E-state index is 11.1. The molecular weight excluding hydrogens is 222 g/mol. The van der Waals surface area contributed by atoms with Crippen molar-refractivity contribution in [1.82, 2.24) is 20.3 Å². The molecule has 0 aromatic carbocycles. The standard InChI is InChI=1S/C10H17N5O2/c11-3-6-15-9(7-1-4-12-5-2-7)8(10(16)17)13-14-15/h7,12H,1-6,11H2,(H,16,17). The van der Waals surface area contributed by atoms with E-state index in [1.165, 1.54) is 0 Å². The average Bonchev–Trinajstić information content (AvgIpc) is 2.74. The van der Waals surface area contributed by atoms with Gasteiger partial charge < -0.3 is 16.2 Å². The van der Waals surface area contributed by atoms with E-state index >= 15 is 0 Å². The lowest BCUT2D eigenvalue weighted by Gasteiger charge is -2.23. The molecule has 7 heteroatoms. The molecule has 7 nitrogen and oxygen atoms in total. The number of carboxylic acid groups (broad SMARTS) is 1. The van der Waals surface area contributed by atoms with E-state index in [4.69, 9.17) is 10.8 Å². The number of hydrogen-bond acceptors (Lipinski definition) is 5. The van der Waals surface area contributed by atoms with E-state index < -0.39 is 5.97 Å². The van der Waals surface area contributed by atoms with Crippen molar-refractivity contribution in [3.8, 4) is 0 Å². The Morgan fingerprint density at radius 1 is 1.53 bits per heavy atom. The zero-order valence-electron chi connectivity index (χ0n) is 9.59. The van der Waals surface area contributed by atoms with Crippen molar-refractivity contribution in [1.29, 1.82) is 0 Å². The molecule has 94 valence electrons. The quantitative estimate of drug-likeness (QED) is 0.648. The van der Waals surface area contributed by atoms with E-state index in [1.54, 1.807) is 4.68 Å². The number of aromatic carboxylic acids is 1. The Balaban J connectivity index is 2.32. The SMILES string of the molecule is NCCn1nnc(C(=O)O)c1C1CCNCC1. The number of nitrogens with one attached hydrogen (secondary N) is 1. The highest BCUT2D eigenvalue weighted by Crippen LogP contribution is 2.27. The lowest BCUT2D eigenvalue weighted by Crippen LogP contribution is -2.29. The fourth-order valence-electron chi connectivity index (χ4n) is 2.26. The van der Waals surface area contributed by atoms with Crippen LogP contribution in [-0.2, 0) is 6.54 Å². The minimum absolute atomic E-state index is 0.0744. The van der Waals surface area contributed by atoms with Crippen LogP contribution in [0.25, 0.3) is 0 Å². The highest BCUT2D eigenvalue weighted by Gasteiger charge is 2.27. The van der Waals surface area contributed by atoms with Crippen LogP contribution in [0.15, 0.2) is 0 Å². The molecule has 1 aliphatic rings. The number of nitrogens with zero attached hydrogens (tertiary/aromatic N) is 3. The number of aromatic nitrogens is 3. The molecule has 0 atom stereocenters. The van der Waals surface area contributed by atoms with Crippen LogP contribution in [0.1, 0.15) is 34.9 Å². The van der Waals surface area contributed by atoms with Crippen molar-refractivity contribution in [2.75, 3.05) is 19.6 Å². The molecule has 1 aromatic heterocycles. The van der Waals surface area contributed by atoms with Gasteiger partial charge in [-0.05, 0) is 25.9 Å². The second-order valence-electron chi connectivity index (χ2n) is 4.16. The zero-order chi connectivity index (χ0) is 12.3. The number of piperidine rings is 1. The van der Waals surface area contributed by atoms with Gasteiger partial charge in [0.15, 0.2) is 5.69 Å². The summed E-state index contributed by atoms with van der Waals surface area (Å²) in [7, 11) is 0. The number of carbonyl (C=O) groups is 1. The fraction of sp³-hybridized carbons (Fsp3) is 0.700. The Labute approximate surface area is 99.0 Å². The summed E-state index contributed by atoms with van der Waals surface area (Å²) in [6, 6.07) is 0. The van der Waals surface area contributed by atoms with E-state index in [2.05, 4.69) is 15.6 Å². The summed E-state index contributed by atoms with van der Waals surface area (Å²) in [6.45, 7) is 2.75. The van der Waals surface area contributed by atoms with Gasteiger partial charge in [-0.3, -0.25) is 0 Å². The van der Waals surface area contributed by atoms with Crippen LogP contribution in [0.4, 0.5) is 0 Å². The van der Waals surface area contributed by atoms with Gasteiger partial charge in [0.25, 0.3) is 0 Å². The molecule has 4 N–H and O–H groups in total. The molecule has 2 heterocycles. The Bertz CT molecular complexity index is 397. The van der Waals surface area contributed by atoms with Gasteiger partial charge in [0.2, 0.25) is 0 Å². The summed E-state index contributed by atoms with van der Waals surface area (Å²) in [5.41, 5.74) is 6.30. The third-order valence-corrected chi connectivity index (χ3v) is 3.04. The molecule has 17 heavy (non-hydrogen) atoms. The molecule has 0 unspecified atom stereocenters. The molecule has 0 spiro atoms. The first kappa shape index (κ1) is 12.0. The maximum Gasteiger partial charge on any atom is 0.358 e. The van der Waals surface area contributed by atoms with Gasteiger partial charge in [-0.1, -0.05) is 5.21 Å². The van der Waals surface area contributed by atoms with E-state index in [0.717, 1.165) is 31.6 Å². The van der Waals surface area contributed by atoms with Crippen molar-refractivity contribution in [3.63, 3.8) is 0 Å². The monoisotopic (exact) mass is 239 g/mol. The van der Waals surface area contributed by atoms with Gasteiger partial charge in [0.1, 0.15) is 0 Å². The number of rotatable bonds is 4. The normalized spacial score (nSPS) is 17.2. The highest BCUT2D eigenvalue weighted by atomic mass is 16.4. The summed E-state index contributed by atoms with van der Waals surface area (Å²) < 4.78 is 1.64. The zero-order valence-corrected chi connectivity index (χ0v) is 9.59. The number of carboxylic acids is 1. The third-order valence-electron chi connectivity index (χ3n) is 3.04. The average molecular weight is 239 g/mol. The van der Waals surface area contributed by atoms with Gasteiger partial charge in [-0.15, -0.1) is 5.10 Å². The Kier molecular flexibility index (Phi) is 3.70. The van der Waals surface area contributed by atoms with Gasteiger partial charge in [0.05, 0.1) is 12.2 Å². The Morgan fingerprint density at radius 2 is 2.24 bits per heavy atom. The molecule has 1 aliphatic heterocycles. The first-order valence-corrected chi connectivity index (χ1v) is 5.81. The van der Waals surface area contributed by atoms with Crippen molar-refractivity contribution in [3.05, 3.63) is 11.4 Å². The van der Waals surface area contributed by atoms with Crippen LogP contribution in [0.5, 0.6) is 0 Å². The van der Waals surface area contributed by atoms with Gasteiger partial charge in [-0.25, -0.2) is 9.48 Å². The predicted octanol–water partition coefficient (Wildman–Crippen LogP) is -0.598. The smallest absolute Gasteiger partial charge is 0.358 e. The van der Waals surface area contributed by atoms with Gasteiger partial charge in [-0.2, -0.15) is 0 Å². The second kappa shape index (κ2) is 5.24. The van der Waals surface area contributed by atoms with Crippen molar-refractivity contribution in [2.45, 2.75) is 25.3 Å². The topological polar surface area (TPSA) is 106 Å². The summed E-state index contributed by atoms with van der Waals surface area (Å²) in [5.74, 6) is -0.800. The van der Waals surface area contributed by atoms with Crippen molar-refractivity contribution >= 4 is 5.97 Å². The number of nitrogens with two attached hydrogens (primary N) is 1. The van der Waals surface area contributed by atoms with Gasteiger partial charge >= 0.3 is 5.97 Å². The molecule has 0 radical (unpaired) electrons. The molecule has 1 saturated heterocycles. The van der Waals surface area contributed by atoms with Crippen LogP contribution in [-0.4, -0.2) is 45.7 Å². The van der Waals surface area contributed by atoms with Gasteiger partial charge in [0, 0.05) is 12.5 Å². The number of hydrogen-bond donors (Lipinski definition) is 3. The highest BCUT2D eigenvalue weighted by molar-refractivity contribution is 5.86. The fourth-order valence-corrected chi connectivity index (χ4v) is 2.26. The Morgan fingerprint density at radius 3 is 2.82 bits per heavy atom. The van der Waals surface area contributed by atoms with E-state index in [-0.39, 0.29) is 11.6 Å². The summed E-state index contributed by atoms with van der Waals surface area (Å²) >= 11 is 0. The largest absolute Gasteiger partial charge is 0.476 e. The summed E-state index contributed by atoms with van der Waals surface area (Å²) in [5, 5.41) is 20.0. The summed E-state index contributed by atoms with van der Waals surface area (Å²) in [6.07, 6.45) is 1.83. The third kappa shape index (κ3) is 2.45. The summed E-state index contributed by atoms with van der Waals surface area (Å²) in [4.78, 5) is 11.1. The minimum atomic E-state index is -1.01. The Hall–Kier alpha value is -1.47. The first-order chi connectivity index (χ1) is 8.24. The molecule has 2 rings (SSSR count). The van der Waals surface area contributed by atoms with Crippen molar-refractivity contribution < 1.29 is 9.90 Å². The molecule has 0 bridgehead atoms. The van der Waals surface area contributed by atoms with Crippen LogP contribution in [0.3, 0.4) is 0 Å². The minimum Gasteiger partial charge on any atom is -0.476 e. The van der Waals surface area contributed by atoms with E-state index in [0.29, 0.717) is 13.1 Å². The molecule has 0 amide bonds. The second-order valence-corrected chi connectivity index (χ2v) is 4.16. The van der Waals surface area contributed by atoms with Crippen molar-refractivity contribution in [2.24, 2.45) is 5.73 Å². The first-order valence-electron chi connectivity index (χ1n) is 5.81. The van der Waals surface area contributed by atoms with Crippen LogP contribution in [0.2, 0.25) is 0 Å². The molecule has 0 saturated carbocycles. The lowest BCUT2D eigenvalue weighted by molar-refractivity contribution is 0.0688. The maximum absolute atomic E-state index is 11.1. The molecular formula is C10H17N5O2. The lowest BCUT2D eigenvalue weighted by atomic mass is 9.93. The van der Waals surface area contributed by atoms with E-state index in [1.807, 2.05) is 0 Å². The molecule has 1 aromatic rings. The molecule has 0 aliphatic carbocycles. The predicted molar refractivity (Wildman–Crippen MR) is 60.9 cm³/mol. The molecule has 1 fully saturated rings. The van der Waals surface area contributed by atoms with Crippen LogP contribution in [0, 0.1) is 0 Å².